The van der Waals surface area contributed by atoms with E-state index in [1.54, 1.807) is 6.20 Å². The summed E-state index contributed by atoms with van der Waals surface area (Å²) in [6, 6.07) is 6.19. The van der Waals surface area contributed by atoms with Crippen molar-refractivity contribution >= 4 is 11.6 Å². The molecule has 1 saturated heterocycles. The maximum absolute atomic E-state index is 12.9. The van der Waals surface area contributed by atoms with Gasteiger partial charge in [-0.1, -0.05) is 6.07 Å². The molecular weight excluding hydrogens is 314 g/mol. The highest BCUT2D eigenvalue weighted by molar-refractivity contribution is 5.79. The Labute approximate surface area is 147 Å². The number of hydrogen-bond donors (Lipinski definition) is 0. The minimum atomic E-state index is 0.165. The number of pyridine rings is 1. The molecular formula is C19H23N5O. The van der Waals surface area contributed by atoms with Crippen molar-refractivity contribution in [2.24, 2.45) is 0 Å². The smallest absolute Gasteiger partial charge is 0.228 e. The molecule has 0 bridgehead atoms. The lowest BCUT2D eigenvalue weighted by Gasteiger charge is -2.35. The number of carbonyl (C=O) groups is 1. The summed E-state index contributed by atoms with van der Waals surface area (Å²) in [6.07, 6.45) is 11.3. The van der Waals surface area contributed by atoms with Crippen LogP contribution in [0.15, 0.2) is 43.0 Å². The summed E-state index contributed by atoms with van der Waals surface area (Å²) in [4.78, 5) is 19.6. The Hall–Kier alpha value is -2.63. The molecule has 1 amide bonds. The first-order valence-corrected chi connectivity index (χ1v) is 8.91. The van der Waals surface area contributed by atoms with Gasteiger partial charge in [-0.3, -0.25) is 9.48 Å². The topological polar surface area (TPSA) is 55.4 Å². The maximum Gasteiger partial charge on any atom is 0.228 e. The summed E-state index contributed by atoms with van der Waals surface area (Å²) in [5, 5.41) is 4.29. The van der Waals surface area contributed by atoms with E-state index >= 15 is 0 Å². The Morgan fingerprint density at radius 3 is 3.00 bits per heavy atom. The molecule has 0 saturated carbocycles. The third kappa shape index (κ3) is 3.29. The van der Waals surface area contributed by atoms with Crippen molar-refractivity contribution < 1.29 is 4.79 Å². The van der Waals surface area contributed by atoms with Crippen molar-refractivity contribution in [3.05, 3.63) is 54.2 Å². The zero-order chi connectivity index (χ0) is 17.2. The van der Waals surface area contributed by atoms with Crippen molar-refractivity contribution in [1.82, 2.24) is 24.1 Å². The Morgan fingerprint density at radius 2 is 2.20 bits per heavy atom. The number of likely N-dealkylation sites (tertiary alicyclic amines) is 1. The van der Waals surface area contributed by atoms with Crippen molar-refractivity contribution in [2.45, 2.75) is 45.2 Å². The van der Waals surface area contributed by atoms with Crippen molar-refractivity contribution in [3.63, 3.8) is 0 Å². The van der Waals surface area contributed by atoms with E-state index in [-0.39, 0.29) is 11.9 Å². The van der Waals surface area contributed by atoms with Gasteiger partial charge >= 0.3 is 0 Å². The van der Waals surface area contributed by atoms with Crippen LogP contribution in [0.5, 0.6) is 0 Å². The van der Waals surface area contributed by atoms with E-state index in [1.807, 2.05) is 57.7 Å². The van der Waals surface area contributed by atoms with E-state index in [1.165, 1.54) is 6.42 Å². The Balaban J connectivity index is 1.50. The molecule has 25 heavy (non-hydrogen) atoms. The maximum atomic E-state index is 12.9. The summed E-state index contributed by atoms with van der Waals surface area (Å²) in [7, 11) is 0. The SMILES string of the molecule is Cc1cccn2cc(CC(=O)N3CCCCC3Cn3cccn3)nc12. The number of amides is 1. The van der Waals surface area contributed by atoms with Gasteiger partial charge in [0.25, 0.3) is 0 Å². The van der Waals surface area contributed by atoms with E-state index in [0.29, 0.717) is 6.42 Å². The zero-order valence-electron chi connectivity index (χ0n) is 14.5. The van der Waals surface area contributed by atoms with Crippen molar-refractivity contribution in [3.8, 4) is 0 Å². The van der Waals surface area contributed by atoms with E-state index in [2.05, 4.69) is 10.1 Å². The average molecular weight is 337 g/mol. The molecule has 0 spiro atoms. The van der Waals surface area contributed by atoms with Crippen LogP contribution < -0.4 is 0 Å². The fraction of sp³-hybridized carbons (Fsp3) is 0.421. The second-order valence-electron chi connectivity index (χ2n) is 6.80. The van der Waals surface area contributed by atoms with Crippen LogP contribution in [0, 0.1) is 6.92 Å². The van der Waals surface area contributed by atoms with E-state index in [4.69, 9.17) is 0 Å². The standard InChI is InChI=1S/C19H23N5O/c1-15-6-4-9-22-13-16(21-19(15)22)12-18(25)24-11-3-2-7-17(24)14-23-10-5-8-20-23/h4-6,8-10,13,17H,2-3,7,11-12,14H2,1H3. The lowest BCUT2D eigenvalue weighted by atomic mass is 10.0. The molecule has 1 atom stereocenters. The summed E-state index contributed by atoms with van der Waals surface area (Å²) < 4.78 is 3.92. The van der Waals surface area contributed by atoms with Gasteiger partial charge in [-0.25, -0.2) is 4.98 Å². The number of fused-ring (bicyclic) bond motifs is 1. The number of imidazole rings is 1. The fourth-order valence-electron chi connectivity index (χ4n) is 3.69. The molecule has 3 aromatic heterocycles. The van der Waals surface area contributed by atoms with E-state index in [9.17, 15) is 4.79 Å². The molecule has 4 rings (SSSR count). The van der Waals surface area contributed by atoms with Gasteiger partial charge in [0.05, 0.1) is 24.7 Å². The van der Waals surface area contributed by atoms with Gasteiger partial charge in [-0.2, -0.15) is 5.10 Å². The monoisotopic (exact) mass is 337 g/mol. The number of aryl methyl sites for hydroxylation is 1. The van der Waals surface area contributed by atoms with Crippen molar-refractivity contribution in [1.29, 1.82) is 0 Å². The molecule has 0 N–H and O–H groups in total. The number of rotatable bonds is 4. The number of carbonyl (C=O) groups excluding carboxylic acids is 1. The van der Waals surface area contributed by atoms with Gasteiger partial charge in [0, 0.05) is 31.3 Å². The van der Waals surface area contributed by atoms with Crippen LogP contribution >= 0.6 is 0 Å². The lowest BCUT2D eigenvalue weighted by molar-refractivity contribution is -0.134. The summed E-state index contributed by atoms with van der Waals surface area (Å²) in [6.45, 7) is 3.64. The van der Waals surface area contributed by atoms with Crippen LogP contribution in [-0.2, 0) is 17.8 Å². The Bertz CT molecular complexity index is 867. The second-order valence-corrected chi connectivity index (χ2v) is 6.80. The first-order valence-electron chi connectivity index (χ1n) is 8.91. The van der Waals surface area contributed by atoms with Crippen LogP contribution in [0.3, 0.4) is 0 Å². The molecule has 4 heterocycles. The summed E-state index contributed by atoms with van der Waals surface area (Å²) in [5.41, 5.74) is 2.88. The molecule has 0 aliphatic carbocycles. The van der Waals surface area contributed by atoms with Crippen LogP contribution in [0.1, 0.15) is 30.5 Å². The Kier molecular flexibility index (Phi) is 4.26. The molecule has 1 fully saturated rings. The zero-order valence-corrected chi connectivity index (χ0v) is 14.5. The summed E-state index contributed by atoms with van der Waals surface area (Å²) in [5.74, 6) is 0.165. The van der Waals surface area contributed by atoms with Gasteiger partial charge in [-0.05, 0) is 43.9 Å². The number of aromatic nitrogens is 4. The molecule has 1 aliphatic heterocycles. The third-order valence-electron chi connectivity index (χ3n) is 4.96. The number of piperidine rings is 1. The van der Waals surface area contributed by atoms with Crippen LogP contribution in [-0.4, -0.2) is 42.6 Å². The minimum absolute atomic E-state index is 0.165. The normalized spacial score (nSPS) is 18.0. The fourth-order valence-corrected chi connectivity index (χ4v) is 3.69. The van der Waals surface area contributed by atoms with E-state index in [0.717, 1.165) is 42.8 Å². The third-order valence-corrected chi connectivity index (χ3v) is 4.96. The van der Waals surface area contributed by atoms with Crippen LogP contribution in [0.25, 0.3) is 5.65 Å². The van der Waals surface area contributed by atoms with E-state index < -0.39 is 0 Å². The quantitative estimate of drug-likeness (QED) is 0.735. The van der Waals surface area contributed by atoms with Gasteiger partial charge in [0.2, 0.25) is 5.91 Å². The van der Waals surface area contributed by atoms with Crippen LogP contribution in [0.4, 0.5) is 0 Å². The van der Waals surface area contributed by atoms with Gasteiger partial charge in [-0.15, -0.1) is 0 Å². The highest BCUT2D eigenvalue weighted by atomic mass is 16.2. The molecule has 0 radical (unpaired) electrons. The summed E-state index contributed by atoms with van der Waals surface area (Å²) >= 11 is 0. The van der Waals surface area contributed by atoms with Crippen LogP contribution in [0.2, 0.25) is 0 Å². The predicted molar refractivity (Wildman–Crippen MR) is 95.2 cm³/mol. The van der Waals surface area contributed by atoms with Gasteiger partial charge < -0.3 is 9.30 Å². The average Bonchev–Trinajstić information content (AvgIpc) is 3.25. The Morgan fingerprint density at radius 1 is 1.28 bits per heavy atom. The van der Waals surface area contributed by atoms with Crippen molar-refractivity contribution in [2.75, 3.05) is 6.54 Å². The molecule has 3 aromatic rings. The predicted octanol–water partition coefficient (Wildman–Crippen LogP) is 2.46. The molecule has 1 unspecified atom stereocenters. The minimum Gasteiger partial charge on any atom is -0.338 e. The highest BCUT2D eigenvalue weighted by Crippen LogP contribution is 2.20. The van der Waals surface area contributed by atoms with Gasteiger partial charge in [0.1, 0.15) is 5.65 Å². The molecule has 130 valence electrons. The number of nitrogens with zero attached hydrogens (tertiary/aromatic N) is 5. The number of hydrogen-bond acceptors (Lipinski definition) is 3. The molecule has 6 heteroatoms. The highest BCUT2D eigenvalue weighted by Gasteiger charge is 2.27. The molecule has 6 nitrogen and oxygen atoms in total. The van der Waals surface area contributed by atoms with Gasteiger partial charge in [0.15, 0.2) is 0 Å². The first-order chi connectivity index (χ1) is 12.2. The molecule has 0 aromatic carbocycles. The largest absolute Gasteiger partial charge is 0.338 e. The lowest BCUT2D eigenvalue weighted by Crippen LogP contribution is -2.46. The molecule has 1 aliphatic rings. The first kappa shape index (κ1) is 15.9. The second kappa shape index (κ2) is 6.70.